The average Bonchev–Trinajstić information content (AvgIpc) is 2.58. The zero-order valence-electron chi connectivity index (χ0n) is 13.9. The van der Waals surface area contributed by atoms with Crippen LogP contribution in [0.5, 0.6) is 0 Å². The fourth-order valence-corrected chi connectivity index (χ4v) is 2.94. The predicted octanol–water partition coefficient (Wildman–Crippen LogP) is 3.20. The van der Waals surface area contributed by atoms with E-state index in [-0.39, 0.29) is 12.4 Å². The summed E-state index contributed by atoms with van der Waals surface area (Å²) in [5.74, 6) is 1.12. The van der Waals surface area contributed by atoms with Gasteiger partial charge in [0.2, 0.25) is 0 Å². The van der Waals surface area contributed by atoms with E-state index < -0.39 is 0 Å². The highest BCUT2D eigenvalue weighted by atomic mass is 35.5. The monoisotopic (exact) mass is 366 g/mol. The molecule has 0 spiro atoms. The molecule has 24 heavy (non-hydrogen) atoms. The van der Waals surface area contributed by atoms with Gasteiger partial charge in [0.1, 0.15) is 5.82 Å². The van der Waals surface area contributed by atoms with E-state index in [1.807, 2.05) is 24.4 Å². The minimum atomic E-state index is 0. The van der Waals surface area contributed by atoms with Gasteiger partial charge in [0.05, 0.1) is 0 Å². The first-order chi connectivity index (χ1) is 11.2. The molecular weight excluding hydrogens is 343 g/mol. The highest BCUT2D eigenvalue weighted by Crippen LogP contribution is 2.19. The number of piperazine rings is 1. The Kier molecular flexibility index (Phi) is 7.31. The molecule has 1 N–H and O–H groups in total. The van der Waals surface area contributed by atoms with Crippen molar-refractivity contribution in [3.8, 4) is 0 Å². The number of benzene rings is 1. The van der Waals surface area contributed by atoms with Crippen molar-refractivity contribution in [2.45, 2.75) is 13.1 Å². The Balaban J connectivity index is 0.00000208. The van der Waals surface area contributed by atoms with Gasteiger partial charge in [-0.1, -0.05) is 29.8 Å². The molecule has 1 fully saturated rings. The van der Waals surface area contributed by atoms with Gasteiger partial charge in [-0.3, -0.25) is 0 Å². The number of rotatable bonds is 5. The van der Waals surface area contributed by atoms with Gasteiger partial charge in [-0.25, -0.2) is 4.98 Å². The fourth-order valence-electron chi connectivity index (χ4n) is 2.82. The highest BCUT2D eigenvalue weighted by Gasteiger charge is 2.17. The topological polar surface area (TPSA) is 31.4 Å². The van der Waals surface area contributed by atoms with Crippen LogP contribution in [-0.2, 0) is 13.1 Å². The van der Waals surface area contributed by atoms with Crippen LogP contribution in [0.25, 0.3) is 0 Å². The number of aromatic nitrogens is 1. The predicted molar refractivity (Wildman–Crippen MR) is 103 cm³/mol. The number of nitrogens with one attached hydrogen (secondary N) is 1. The van der Waals surface area contributed by atoms with Crippen molar-refractivity contribution in [3.63, 3.8) is 0 Å². The SMILES string of the molecule is CN1CCN(c2ncccc2CNCc2ccc(Cl)cc2)CC1.Cl. The lowest BCUT2D eigenvalue weighted by molar-refractivity contribution is 0.311. The van der Waals surface area contributed by atoms with Crippen LogP contribution in [0.15, 0.2) is 42.6 Å². The van der Waals surface area contributed by atoms with E-state index in [1.54, 1.807) is 0 Å². The van der Waals surface area contributed by atoms with Crippen LogP contribution in [0.3, 0.4) is 0 Å². The number of halogens is 2. The molecule has 1 aromatic heterocycles. The van der Waals surface area contributed by atoms with E-state index in [4.69, 9.17) is 11.6 Å². The smallest absolute Gasteiger partial charge is 0.133 e. The quantitative estimate of drug-likeness (QED) is 0.880. The number of hydrogen-bond donors (Lipinski definition) is 1. The Morgan fingerprint density at radius 2 is 1.75 bits per heavy atom. The van der Waals surface area contributed by atoms with Gasteiger partial charge in [0.25, 0.3) is 0 Å². The zero-order chi connectivity index (χ0) is 16.1. The van der Waals surface area contributed by atoms with Crippen molar-refractivity contribution in [1.29, 1.82) is 0 Å². The molecule has 0 amide bonds. The number of nitrogens with zero attached hydrogens (tertiary/aromatic N) is 3. The summed E-state index contributed by atoms with van der Waals surface area (Å²) < 4.78 is 0. The van der Waals surface area contributed by atoms with Crippen molar-refractivity contribution < 1.29 is 0 Å². The van der Waals surface area contributed by atoms with Gasteiger partial charge < -0.3 is 15.1 Å². The summed E-state index contributed by atoms with van der Waals surface area (Å²) >= 11 is 5.92. The maximum atomic E-state index is 5.92. The molecule has 0 bridgehead atoms. The molecule has 3 rings (SSSR count). The van der Waals surface area contributed by atoms with E-state index in [0.717, 1.165) is 50.1 Å². The molecule has 6 heteroatoms. The molecule has 2 aromatic rings. The first-order valence-electron chi connectivity index (χ1n) is 8.05. The largest absolute Gasteiger partial charge is 0.354 e. The third-order valence-electron chi connectivity index (χ3n) is 4.23. The van der Waals surface area contributed by atoms with Crippen LogP contribution in [0.1, 0.15) is 11.1 Å². The maximum Gasteiger partial charge on any atom is 0.133 e. The van der Waals surface area contributed by atoms with Gasteiger partial charge in [-0.2, -0.15) is 0 Å². The van der Waals surface area contributed by atoms with Crippen LogP contribution < -0.4 is 10.2 Å². The summed E-state index contributed by atoms with van der Waals surface area (Å²) in [7, 11) is 2.17. The van der Waals surface area contributed by atoms with Crippen molar-refractivity contribution >= 4 is 29.8 Å². The van der Waals surface area contributed by atoms with Crippen LogP contribution in [0, 0.1) is 0 Å². The first kappa shape index (κ1) is 19.0. The molecule has 0 aliphatic carbocycles. The molecule has 4 nitrogen and oxygen atoms in total. The summed E-state index contributed by atoms with van der Waals surface area (Å²) in [6.07, 6.45) is 1.89. The Morgan fingerprint density at radius 1 is 1.04 bits per heavy atom. The van der Waals surface area contributed by atoms with Gasteiger partial charge >= 0.3 is 0 Å². The molecule has 1 aliphatic rings. The standard InChI is InChI=1S/C18H23ClN4.ClH/c1-22-9-11-23(12-10-22)18-16(3-2-8-21-18)14-20-13-15-4-6-17(19)7-5-15;/h2-8,20H,9-14H2,1H3;1H. The molecule has 1 aliphatic heterocycles. The Labute approximate surface area is 155 Å². The lowest BCUT2D eigenvalue weighted by atomic mass is 10.2. The maximum absolute atomic E-state index is 5.92. The van der Waals surface area contributed by atoms with Crippen molar-refractivity contribution in [2.24, 2.45) is 0 Å². The van der Waals surface area contributed by atoms with E-state index in [1.165, 1.54) is 11.1 Å². The third-order valence-corrected chi connectivity index (χ3v) is 4.48. The van der Waals surface area contributed by atoms with Crippen molar-refractivity contribution in [2.75, 3.05) is 38.1 Å². The number of anilines is 1. The third kappa shape index (κ3) is 5.08. The van der Waals surface area contributed by atoms with Gasteiger partial charge in [0.15, 0.2) is 0 Å². The molecule has 130 valence electrons. The van der Waals surface area contributed by atoms with Crippen LogP contribution in [0.4, 0.5) is 5.82 Å². The number of likely N-dealkylation sites (N-methyl/N-ethyl adjacent to an activating group) is 1. The first-order valence-corrected chi connectivity index (χ1v) is 8.43. The average molecular weight is 367 g/mol. The summed E-state index contributed by atoms with van der Waals surface area (Å²) in [6, 6.07) is 12.1. The normalized spacial score (nSPS) is 15.2. The minimum absolute atomic E-state index is 0. The molecule has 0 atom stereocenters. The minimum Gasteiger partial charge on any atom is -0.354 e. The molecule has 1 aromatic carbocycles. The van der Waals surface area contributed by atoms with Gasteiger partial charge in [0, 0.05) is 56.1 Å². The summed E-state index contributed by atoms with van der Waals surface area (Å²) in [5, 5.41) is 4.28. The Morgan fingerprint density at radius 3 is 2.46 bits per heavy atom. The number of pyridine rings is 1. The Hall–Kier alpha value is -1.33. The summed E-state index contributed by atoms with van der Waals surface area (Å²) in [6.45, 7) is 5.91. The highest BCUT2D eigenvalue weighted by molar-refractivity contribution is 6.30. The van der Waals surface area contributed by atoms with Crippen molar-refractivity contribution in [1.82, 2.24) is 15.2 Å². The number of hydrogen-bond acceptors (Lipinski definition) is 4. The van der Waals surface area contributed by atoms with Crippen molar-refractivity contribution in [3.05, 3.63) is 58.7 Å². The molecule has 0 saturated carbocycles. The Bertz CT molecular complexity index is 625. The van der Waals surface area contributed by atoms with E-state index >= 15 is 0 Å². The van der Waals surface area contributed by atoms with E-state index in [0.29, 0.717) is 0 Å². The lowest BCUT2D eigenvalue weighted by Crippen LogP contribution is -2.45. The second kappa shape index (κ2) is 9.23. The van der Waals surface area contributed by atoms with E-state index in [9.17, 15) is 0 Å². The van der Waals surface area contributed by atoms with Crippen LogP contribution in [-0.4, -0.2) is 43.1 Å². The lowest BCUT2D eigenvalue weighted by Gasteiger charge is -2.34. The molecule has 0 radical (unpaired) electrons. The van der Waals surface area contributed by atoms with Crippen LogP contribution in [0.2, 0.25) is 5.02 Å². The molecule has 0 unspecified atom stereocenters. The van der Waals surface area contributed by atoms with E-state index in [2.05, 4.69) is 45.3 Å². The fraction of sp³-hybridized carbons (Fsp3) is 0.389. The zero-order valence-corrected chi connectivity index (χ0v) is 15.5. The molecule has 1 saturated heterocycles. The summed E-state index contributed by atoms with van der Waals surface area (Å²) in [4.78, 5) is 9.36. The van der Waals surface area contributed by atoms with Crippen LogP contribution >= 0.6 is 24.0 Å². The van der Waals surface area contributed by atoms with Gasteiger partial charge in [-0.15, -0.1) is 12.4 Å². The second-order valence-corrected chi connectivity index (χ2v) is 6.44. The summed E-state index contributed by atoms with van der Waals surface area (Å²) in [5.41, 5.74) is 2.49. The molecule has 2 heterocycles. The second-order valence-electron chi connectivity index (χ2n) is 6.01. The molecular formula is C18H24Cl2N4. The van der Waals surface area contributed by atoms with Gasteiger partial charge in [-0.05, 0) is 30.8 Å².